The Labute approximate surface area is 146 Å². The lowest BCUT2D eigenvalue weighted by atomic mass is 9.85. The summed E-state index contributed by atoms with van der Waals surface area (Å²) in [5.74, 6) is 0. The molecule has 24 heavy (non-hydrogen) atoms. The van der Waals surface area contributed by atoms with E-state index in [0.717, 1.165) is 32.5 Å². The highest BCUT2D eigenvalue weighted by molar-refractivity contribution is 5.54. The van der Waals surface area contributed by atoms with Crippen LogP contribution in [0, 0.1) is 5.41 Å². The van der Waals surface area contributed by atoms with Crippen LogP contribution in [0.2, 0.25) is 0 Å². The lowest BCUT2D eigenvalue weighted by Crippen LogP contribution is -2.46. The van der Waals surface area contributed by atoms with Crippen LogP contribution < -0.4 is 10.2 Å². The second-order valence-corrected chi connectivity index (χ2v) is 7.93. The minimum absolute atomic E-state index is 0.0247. The molecule has 1 aliphatic carbocycles. The number of aliphatic hydroxyl groups excluding tert-OH is 1. The fraction of sp³-hybridized carbons (Fsp3) is 0.700. The van der Waals surface area contributed by atoms with E-state index in [1.807, 2.05) is 0 Å². The minimum atomic E-state index is 0.0247. The van der Waals surface area contributed by atoms with Crippen LogP contribution in [0.5, 0.6) is 0 Å². The molecule has 1 saturated heterocycles. The monoisotopic (exact) mass is 332 g/mol. The predicted molar refractivity (Wildman–Crippen MR) is 98.3 cm³/mol. The highest BCUT2D eigenvalue weighted by Gasteiger charge is 2.37. The van der Waals surface area contributed by atoms with E-state index in [4.69, 9.17) is 4.74 Å². The van der Waals surface area contributed by atoms with E-state index in [1.54, 1.807) is 0 Å². The molecule has 4 atom stereocenters. The molecule has 1 saturated carbocycles. The Morgan fingerprint density at radius 1 is 1.25 bits per heavy atom. The van der Waals surface area contributed by atoms with Gasteiger partial charge in [0.25, 0.3) is 0 Å². The second-order valence-electron chi connectivity index (χ2n) is 7.93. The standard InChI is InChI=1S/C20H32N2O2/c1-15-12-22(13-16(2)24-15)18-8-5-4-7-17(18)11-21-19-9-6-10-20(19,3)14-23/h4-5,7-8,15-16,19,21,23H,6,9-14H2,1-3H3. The van der Waals surface area contributed by atoms with E-state index in [2.05, 4.69) is 55.3 Å². The number of anilines is 1. The van der Waals surface area contributed by atoms with Crippen molar-refractivity contribution < 1.29 is 9.84 Å². The maximum Gasteiger partial charge on any atom is 0.0726 e. The van der Waals surface area contributed by atoms with Crippen LogP contribution in [0.4, 0.5) is 5.69 Å². The van der Waals surface area contributed by atoms with Gasteiger partial charge in [0.1, 0.15) is 0 Å². The molecule has 4 heteroatoms. The number of rotatable bonds is 5. The van der Waals surface area contributed by atoms with E-state index in [0.29, 0.717) is 6.04 Å². The number of nitrogens with one attached hydrogen (secondary N) is 1. The van der Waals surface area contributed by atoms with E-state index in [-0.39, 0.29) is 24.2 Å². The summed E-state index contributed by atoms with van der Waals surface area (Å²) in [5, 5.41) is 13.5. The van der Waals surface area contributed by atoms with Crippen LogP contribution in [0.25, 0.3) is 0 Å². The second kappa shape index (κ2) is 7.42. The van der Waals surface area contributed by atoms with Gasteiger partial charge in [-0.15, -0.1) is 0 Å². The zero-order valence-corrected chi connectivity index (χ0v) is 15.3. The number of ether oxygens (including phenoxy) is 1. The minimum Gasteiger partial charge on any atom is -0.396 e. The van der Waals surface area contributed by atoms with Crippen LogP contribution in [0.3, 0.4) is 0 Å². The third-order valence-corrected chi connectivity index (χ3v) is 5.73. The van der Waals surface area contributed by atoms with Gasteiger partial charge in [-0.2, -0.15) is 0 Å². The summed E-state index contributed by atoms with van der Waals surface area (Å²) in [6.45, 7) is 9.51. The number of hydrogen-bond donors (Lipinski definition) is 2. The number of morpholine rings is 1. The number of para-hydroxylation sites is 1. The van der Waals surface area contributed by atoms with E-state index in [9.17, 15) is 5.11 Å². The van der Waals surface area contributed by atoms with Gasteiger partial charge >= 0.3 is 0 Å². The first-order valence-corrected chi connectivity index (χ1v) is 9.34. The highest BCUT2D eigenvalue weighted by Crippen LogP contribution is 2.37. The summed E-state index contributed by atoms with van der Waals surface area (Å²) in [7, 11) is 0. The molecule has 0 aromatic heterocycles. The zero-order chi connectivity index (χ0) is 17.2. The average Bonchev–Trinajstić information content (AvgIpc) is 2.94. The molecule has 0 bridgehead atoms. The topological polar surface area (TPSA) is 44.7 Å². The van der Waals surface area contributed by atoms with Gasteiger partial charge in [-0.05, 0) is 38.3 Å². The van der Waals surface area contributed by atoms with Crippen LogP contribution in [0.1, 0.15) is 45.6 Å². The first-order chi connectivity index (χ1) is 11.5. The summed E-state index contributed by atoms with van der Waals surface area (Å²) in [6, 6.07) is 9.09. The molecule has 0 spiro atoms. The Morgan fingerprint density at radius 3 is 2.67 bits per heavy atom. The van der Waals surface area contributed by atoms with Crippen molar-refractivity contribution in [2.24, 2.45) is 5.41 Å². The molecule has 1 aromatic rings. The summed E-state index contributed by atoms with van der Waals surface area (Å²) < 4.78 is 5.88. The Kier molecular flexibility index (Phi) is 5.48. The molecule has 1 aliphatic heterocycles. The molecule has 134 valence electrons. The Balaban J connectivity index is 1.70. The van der Waals surface area contributed by atoms with Crippen molar-refractivity contribution in [3.63, 3.8) is 0 Å². The Morgan fingerprint density at radius 2 is 1.96 bits per heavy atom. The number of benzene rings is 1. The normalized spacial score (nSPS) is 33.8. The largest absolute Gasteiger partial charge is 0.396 e. The summed E-state index contributed by atoms with van der Waals surface area (Å²) in [5.41, 5.74) is 2.68. The molecule has 1 aromatic carbocycles. The Hall–Kier alpha value is -1.10. The SMILES string of the molecule is CC1CN(c2ccccc2CNC2CCCC2(C)CO)CC(C)O1. The fourth-order valence-corrected chi connectivity index (χ4v) is 4.35. The van der Waals surface area contributed by atoms with Gasteiger partial charge in [0.05, 0.1) is 12.2 Å². The Bertz CT molecular complexity index is 540. The molecular weight excluding hydrogens is 300 g/mol. The molecule has 2 N–H and O–H groups in total. The quantitative estimate of drug-likeness (QED) is 0.870. The van der Waals surface area contributed by atoms with E-state index in [1.165, 1.54) is 17.7 Å². The molecule has 2 aliphatic rings. The molecular formula is C20H32N2O2. The number of hydrogen-bond acceptors (Lipinski definition) is 4. The number of aliphatic hydroxyl groups is 1. The average molecular weight is 332 g/mol. The van der Waals surface area contributed by atoms with Gasteiger partial charge in [-0.3, -0.25) is 0 Å². The van der Waals surface area contributed by atoms with Crippen molar-refractivity contribution >= 4 is 5.69 Å². The number of nitrogens with zero attached hydrogens (tertiary/aromatic N) is 1. The molecule has 4 unspecified atom stereocenters. The molecule has 4 nitrogen and oxygen atoms in total. The van der Waals surface area contributed by atoms with Gasteiger partial charge in [-0.25, -0.2) is 0 Å². The van der Waals surface area contributed by atoms with Crippen molar-refractivity contribution in [2.45, 2.75) is 64.8 Å². The molecule has 0 amide bonds. The fourth-order valence-electron chi connectivity index (χ4n) is 4.35. The molecule has 0 radical (unpaired) electrons. The van der Waals surface area contributed by atoms with Gasteiger partial charge in [0, 0.05) is 43.4 Å². The van der Waals surface area contributed by atoms with Crippen molar-refractivity contribution in [1.82, 2.24) is 5.32 Å². The molecule has 1 heterocycles. The summed E-state index contributed by atoms with van der Waals surface area (Å²) in [6.07, 6.45) is 4.01. The van der Waals surface area contributed by atoms with Gasteiger partial charge in [-0.1, -0.05) is 31.5 Å². The lowest BCUT2D eigenvalue weighted by Gasteiger charge is -2.38. The van der Waals surface area contributed by atoms with E-state index < -0.39 is 0 Å². The van der Waals surface area contributed by atoms with Crippen molar-refractivity contribution in [2.75, 3.05) is 24.6 Å². The summed E-state index contributed by atoms with van der Waals surface area (Å²) >= 11 is 0. The zero-order valence-electron chi connectivity index (χ0n) is 15.3. The van der Waals surface area contributed by atoms with Crippen LogP contribution in [-0.2, 0) is 11.3 Å². The van der Waals surface area contributed by atoms with Crippen LogP contribution in [-0.4, -0.2) is 43.1 Å². The van der Waals surface area contributed by atoms with Crippen LogP contribution in [0.15, 0.2) is 24.3 Å². The predicted octanol–water partition coefficient (Wildman–Crippen LogP) is 2.94. The van der Waals surface area contributed by atoms with Crippen molar-refractivity contribution in [1.29, 1.82) is 0 Å². The maximum absolute atomic E-state index is 9.75. The van der Waals surface area contributed by atoms with Gasteiger partial charge in [0.2, 0.25) is 0 Å². The van der Waals surface area contributed by atoms with Gasteiger partial charge < -0.3 is 20.1 Å². The first kappa shape index (κ1) is 17.7. The van der Waals surface area contributed by atoms with Gasteiger partial charge in [0.15, 0.2) is 0 Å². The van der Waals surface area contributed by atoms with Crippen molar-refractivity contribution in [3.8, 4) is 0 Å². The van der Waals surface area contributed by atoms with E-state index >= 15 is 0 Å². The first-order valence-electron chi connectivity index (χ1n) is 9.34. The van der Waals surface area contributed by atoms with Crippen LogP contribution >= 0.6 is 0 Å². The lowest BCUT2D eigenvalue weighted by molar-refractivity contribution is -0.00527. The maximum atomic E-state index is 9.75. The molecule has 2 fully saturated rings. The summed E-state index contributed by atoms with van der Waals surface area (Å²) in [4.78, 5) is 2.45. The third-order valence-electron chi connectivity index (χ3n) is 5.73. The molecule has 3 rings (SSSR count). The van der Waals surface area contributed by atoms with Crippen molar-refractivity contribution in [3.05, 3.63) is 29.8 Å². The highest BCUT2D eigenvalue weighted by atomic mass is 16.5. The smallest absolute Gasteiger partial charge is 0.0726 e. The third kappa shape index (κ3) is 3.76.